The molecule has 118 valence electrons. The number of imidazole rings is 1. The topological polar surface area (TPSA) is 79.6 Å². The molecule has 1 atom stereocenters. The Morgan fingerprint density at radius 2 is 2.14 bits per heavy atom. The molecule has 1 amide bonds. The third-order valence-electron chi connectivity index (χ3n) is 3.70. The maximum Gasteiger partial charge on any atom is 0.405 e. The summed E-state index contributed by atoms with van der Waals surface area (Å²) in [7, 11) is 0. The van der Waals surface area contributed by atoms with Crippen LogP contribution in [0.15, 0.2) is 12.5 Å². The molecule has 1 aromatic heterocycles. The van der Waals surface area contributed by atoms with Crippen molar-refractivity contribution in [2.24, 2.45) is 5.92 Å². The van der Waals surface area contributed by atoms with Gasteiger partial charge in [-0.3, -0.25) is 4.90 Å². The quantitative estimate of drug-likeness (QED) is 0.824. The molecule has 0 bridgehead atoms. The van der Waals surface area contributed by atoms with Crippen LogP contribution in [0.2, 0.25) is 0 Å². The molecule has 1 aliphatic rings. The van der Waals surface area contributed by atoms with Crippen molar-refractivity contribution >= 4 is 6.09 Å². The van der Waals surface area contributed by atoms with Crippen LogP contribution in [0.25, 0.3) is 0 Å². The second-order valence-corrected chi connectivity index (χ2v) is 5.66. The summed E-state index contributed by atoms with van der Waals surface area (Å²) in [5.74, 6) is 0.156. The number of ether oxygens (including phenoxy) is 1. The highest BCUT2D eigenvalue weighted by Gasteiger charge is 2.20. The summed E-state index contributed by atoms with van der Waals surface area (Å²) in [6.07, 6.45) is 2.69. The Bertz CT molecular complexity index is 455. The van der Waals surface area contributed by atoms with E-state index in [-0.39, 0.29) is 12.0 Å². The van der Waals surface area contributed by atoms with E-state index in [0.717, 1.165) is 45.1 Å². The molecule has 1 aromatic rings. The summed E-state index contributed by atoms with van der Waals surface area (Å²) in [6.45, 7) is 9.30. The van der Waals surface area contributed by atoms with Gasteiger partial charge in [0, 0.05) is 32.4 Å². The van der Waals surface area contributed by atoms with Crippen molar-refractivity contribution in [1.29, 1.82) is 0 Å². The predicted octanol–water partition coefficient (Wildman–Crippen LogP) is 1.18. The maximum atomic E-state index is 10.9. The first kappa shape index (κ1) is 15.8. The van der Waals surface area contributed by atoms with Gasteiger partial charge in [-0.15, -0.1) is 0 Å². The van der Waals surface area contributed by atoms with Gasteiger partial charge in [0.05, 0.1) is 31.3 Å². The minimum Gasteiger partial charge on any atom is -0.465 e. The van der Waals surface area contributed by atoms with Crippen molar-refractivity contribution in [3.8, 4) is 0 Å². The summed E-state index contributed by atoms with van der Waals surface area (Å²) >= 11 is 0. The van der Waals surface area contributed by atoms with E-state index in [9.17, 15) is 4.79 Å². The standard InChI is InChI=1S/C14H24N4O3/c1-11(2)13(16-14(19)20)12-9-18(10-15-12)4-3-17-5-7-21-8-6-17/h9-11,13,16H,3-8H2,1-2H3,(H,19,20)/t13-/m0/s1. The first-order valence-corrected chi connectivity index (χ1v) is 7.37. The van der Waals surface area contributed by atoms with E-state index in [1.807, 2.05) is 24.6 Å². The smallest absolute Gasteiger partial charge is 0.405 e. The van der Waals surface area contributed by atoms with Crippen molar-refractivity contribution in [3.63, 3.8) is 0 Å². The Kier molecular flexibility index (Phi) is 5.58. The van der Waals surface area contributed by atoms with Crippen molar-refractivity contribution in [3.05, 3.63) is 18.2 Å². The lowest BCUT2D eigenvalue weighted by Crippen LogP contribution is -2.38. The normalized spacial score (nSPS) is 17.9. The van der Waals surface area contributed by atoms with E-state index in [4.69, 9.17) is 9.84 Å². The summed E-state index contributed by atoms with van der Waals surface area (Å²) in [6, 6.07) is -0.271. The van der Waals surface area contributed by atoms with Crippen LogP contribution in [0.1, 0.15) is 25.6 Å². The fourth-order valence-corrected chi connectivity index (χ4v) is 2.46. The van der Waals surface area contributed by atoms with Crippen LogP contribution >= 0.6 is 0 Å². The molecule has 1 saturated heterocycles. The summed E-state index contributed by atoms with van der Waals surface area (Å²) < 4.78 is 7.34. The van der Waals surface area contributed by atoms with Gasteiger partial charge in [-0.05, 0) is 5.92 Å². The second-order valence-electron chi connectivity index (χ2n) is 5.66. The number of carbonyl (C=O) groups is 1. The molecule has 0 aliphatic carbocycles. The average molecular weight is 296 g/mol. The van der Waals surface area contributed by atoms with Gasteiger partial charge in [0.2, 0.25) is 0 Å². The van der Waals surface area contributed by atoms with E-state index in [1.54, 1.807) is 6.33 Å². The largest absolute Gasteiger partial charge is 0.465 e. The third kappa shape index (κ3) is 4.71. The highest BCUT2D eigenvalue weighted by atomic mass is 16.5. The number of aromatic nitrogens is 2. The van der Waals surface area contributed by atoms with E-state index in [1.165, 1.54) is 0 Å². The molecule has 1 fully saturated rings. The lowest BCUT2D eigenvalue weighted by Gasteiger charge is -2.26. The molecular weight excluding hydrogens is 272 g/mol. The van der Waals surface area contributed by atoms with Gasteiger partial charge in [-0.25, -0.2) is 9.78 Å². The molecule has 2 rings (SSSR count). The number of carboxylic acid groups (broad SMARTS) is 1. The Morgan fingerprint density at radius 1 is 1.43 bits per heavy atom. The maximum absolute atomic E-state index is 10.9. The van der Waals surface area contributed by atoms with Gasteiger partial charge in [0.1, 0.15) is 0 Å². The first-order valence-electron chi connectivity index (χ1n) is 7.37. The molecule has 21 heavy (non-hydrogen) atoms. The molecule has 7 heteroatoms. The number of morpholine rings is 1. The minimum atomic E-state index is -1.02. The fourth-order valence-electron chi connectivity index (χ4n) is 2.46. The molecule has 1 aliphatic heterocycles. The number of amides is 1. The number of nitrogens with one attached hydrogen (secondary N) is 1. The predicted molar refractivity (Wildman–Crippen MR) is 78.2 cm³/mol. The lowest BCUT2D eigenvalue weighted by molar-refractivity contribution is 0.0364. The van der Waals surface area contributed by atoms with Crippen LogP contribution in [0.4, 0.5) is 4.79 Å². The van der Waals surface area contributed by atoms with Crippen LogP contribution in [-0.2, 0) is 11.3 Å². The molecule has 0 saturated carbocycles. The Labute approximate surface area is 124 Å². The Balaban J connectivity index is 1.91. The fraction of sp³-hybridized carbons (Fsp3) is 0.714. The molecule has 2 N–H and O–H groups in total. The van der Waals surface area contributed by atoms with Gasteiger partial charge in [-0.2, -0.15) is 0 Å². The van der Waals surface area contributed by atoms with Crippen LogP contribution in [0.5, 0.6) is 0 Å². The summed E-state index contributed by atoms with van der Waals surface area (Å²) in [5, 5.41) is 11.4. The highest BCUT2D eigenvalue weighted by molar-refractivity contribution is 5.65. The van der Waals surface area contributed by atoms with Gasteiger partial charge in [-0.1, -0.05) is 13.8 Å². The molecule has 0 unspecified atom stereocenters. The number of rotatable bonds is 6. The van der Waals surface area contributed by atoms with E-state index >= 15 is 0 Å². The van der Waals surface area contributed by atoms with Gasteiger partial charge in [0.25, 0.3) is 0 Å². The van der Waals surface area contributed by atoms with Crippen molar-refractivity contribution in [2.75, 3.05) is 32.8 Å². The molecule has 2 heterocycles. The van der Waals surface area contributed by atoms with Crippen LogP contribution in [0, 0.1) is 5.92 Å². The summed E-state index contributed by atoms with van der Waals surface area (Å²) in [4.78, 5) is 17.6. The zero-order valence-electron chi connectivity index (χ0n) is 12.7. The molecule has 0 aromatic carbocycles. The van der Waals surface area contributed by atoms with Crippen molar-refractivity contribution in [1.82, 2.24) is 19.8 Å². The van der Waals surface area contributed by atoms with Crippen molar-refractivity contribution < 1.29 is 14.6 Å². The van der Waals surface area contributed by atoms with Crippen LogP contribution in [-0.4, -0.2) is 58.5 Å². The van der Waals surface area contributed by atoms with Gasteiger partial charge < -0.3 is 19.7 Å². The van der Waals surface area contributed by atoms with E-state index in [2.05, 4.69) is 15.2 Å². The number of hydrogen-bond donors (Lipinski definition) is 2. The highest BCUT2D eigenvalue weighted by Crippen LogP contribution is 2.19. The van der Waals surface area contributed by atoms with E-state index in [0.29, 0.717) is 0 Å². The van der Waals surface area contributed by atoms with Crippen LogP contribution < -0.4 is 5.32 Å². The zero-order chi connectivity index (χ0) is 15.2. The van der Waals surface area contributed by atoms with Gasteiger partial charge in [0.15, 0.2) is 0 Å². The molecule has 7 nitrogen and oxygen atoms in total. The number of nitrogens with zero attached hydrogens (tertiary/aromatic N) is 3. The SMILES string of the molecule is CC(C)[C@H](NC(=O)O)c1cn(CCN2CCOCC2)cn1. The zero-order valence-corrected chi connectivity index (χ0v) is 12.7. The molecule has 0 radical (unpaired) electrons. The van der Waals surface area contributed by atoms with Crippen molar-refractivity contribution in [2.45, 2.75) is 26.4 Å². The summed E-state index contributed by atoms with van der Waals surface area (Å²) in [5.41, 5.74) is 0.773. The lowest BCUT2D eigenvalue weighted by atomic mass is 10.0. The second kappa shape index (κ2) is 7.42. The first-order chi connectivity index (χ1) is 10.1. The molecular formula is C14H24N4O3. The Hall–Kier alpha value is -1.60. The third-order valence-corrected chi connectivity index (χ3v) is 3.70. The van der Waals surface area contributed by atoms with Gasteiger partial charge >= 0.3 is 6.09 Å². The number of hydrogen-bond acceptors (Lipinski definition) is 4. The minimum absolute atomic E-state index is 0.156. The molecule has 0 spiro atoms. The van der Waals surface area contributed by atoms with Crippen LogP contribution in [0.3, 0.4) is 0 Å². The monoisotopic (exact) mass is 296 g/mol. The average Bonchev–Trinajstić information content (AvgIpc) is 2.92. The van der Waals surface area contributed by atoms with E-state index < -0.39 is 6.09 Å². The Morgan fingerprint density at radius 3 is 2.76 bits per heavy atom.